The standard InChI is InChI=1S/C13H18O3/c1-3-15-13(14)11-9(2)12(11)16-10-7-5-4-6-8-10/h4-9,11-14H,3H2,1-2H3/t9-,11-,12+,13-/m1/s1. The first-order valence-electron chi connectivity index (χ1n) is 5.75. The second-order valence-corrected chi connectivity index (χ2v) is 4.18. The van der Waals surface area contributed by atoms with E-state index in [1.807, 2.05) is 37.3 Å². The Hall–Kier alpha value is -1.06. The lowest BCUT2D eigenvalue weighted by molar-refractivity contribution is -0.115. The molecule has 0 unspecified atom stereocenters. The molecule has 0 amide bonds. The molecule has 1 saturated carbocycles. The molecule has 1 aliphatic carbocycles. The minimum atomic E-state index is -0.700. The highest BCUT2D eigenvalue weighted by atomic mass is 16.6. The van der Waals surface area contributed by atoms with E-state index in [9.17, 15) is 5.11 Å². The Morgan fingerprint density at radius 3 is 2.62 bits per heavy atom. The first-order valence-corrected chi connectivity index (χ1v) is 5.75. The summed E-state index contributed by atoms with van der Waals surface area (Å²) < 4.78 is 11.0. The van der Waals surface area contributed by atoms with Crippen LogP contribution in [0.3, 0.4) is 0 Å². The fourth-order valence-electron chi connectivity index (χ4n) is 2.00. The zero-order valence-corrected chi connectivity index (χ0v) is 9.67. The normalized spacial score (nSPS) is 29.8. The molecule has 0 aromatic heterocycles. The Balaban J connectivity index is 1.89. The molecule has 4 atom stereocenters. The van der Waals surface area contributed by atoms with Crippen LogP contribution in [-0.2, 0) is 4.74 Å². The van der Waals surface area contributed by atoms with Gasteiger partial charge in [-0.05, 0) is 19.1 Å². The predicted octanol–water partition coefficient (Wildman–Crippen LogP) is 2.05. The second kappa shape index (κ2) is 4.85. The van der Waals surface area contributed by atoms with E-state index in [0.717, 1.165) is 5.75 Å². The van der Waals surface area contributed by atoms with Crippen molar-refractivity contribution in [1.29, 1.82) is 0 Å². The average Bonchev–Trinajstić information content (AvgIpc) is 2.91. The van der Waals surface area contributed by atoms with Crippen LogP contribution in [-0.4, -0.2) is 24.1 Å². The van der Waals surface area contributed by atoms with Gasteiger partial charge in [-0.3, -0.25) is 0 Å². The quantitative estimate of drug-likeness (QED) is 0.775. The predicted molar refractivity (Wildman–Crippen MR) is 61.1 cm³/mol. The molecule has 0 heterocycles. The van der Waals surface area contributed by atoms with Gasteiger partial charge in [0.2, 0.25) is 0 Å². The first kappa shape index (κ1) is 11.4. The van der Waals surface area contributed by atoms with Crippen molar-refractivity contribution in [1.82, 2.24) is 0 Å². The zero-order chi connectivity index (χ0) is 11.5. The van der Waals surface area contributed by atoms with Crippen molar-refractivity contribution >= 4 is 0 Å². The van der Waals surface area contributed by atoms with Gasteiger partial charge in [-0.1, -0.05) is 25.1 Å². The Kier molecular flexibility index (Phi) is 3.46. The molecule has 16 heavy (non-hydrogen) atoms. The topological polar surface area (TPSA) is 38.7 Å². The number of para-hydroxylation sites is 1. The summed E-state index contributed by atoms with van der Waals surface area (Å²) in [5.74, 6) is 1.30. The van der Waals surface area contributed by atoms with Crippen molar-refractivity contribution in [2.45, 2.75) is 26.2 Å². The van der Waals surface area contributed by atoms with Crippen LogP contribution in [0.5, 0.6) is 5.75 Å². The van der Waals surface area contributed by atoms with E-state index in [-0.39, 0.29) is 12.0 Å². The largest absolute Gasteiger partial charge is 0.490 e. The third-order valence-corrected chi connectivity index (χ3v) is 3.05. The summed E-state index contributed by atoms with van der Waals surface area (Å²) in [7, 11) is 0. The van der Waals surface area contributed by atoms with E-state index in [1.165, 1.54) is 0 Å². The third kappa shape index (κ3) is 2.36. The van der Waals surface area contributed by atoms with E-state index in [1.54, 1.807) is 0 Å². The van der Waals surface area contributed by atoms with E-state index in [2.05, 4.69) is 6.92 Å². The van der Waals surface area contributed by atoms with Gasteiger partial charge in [0.15, 0.2) is 6.29 Å². The van der Waals surface area contributed by atoms with Crippen LogP contribution < -0.4 is 4.74 Å². The van der Waals surface area contributed by atoms with E-state index < -0.39 is 6.29 Å². The van der Waals surface area contributed by atoms with Gasteiger partial charge in [-0.2, -0.15) is 0 Å². The van der Waals surface area contributed by atoms with E-state index in [4.69, 9.17) is 9.47 Å². The Morgan fingerprint density at radius 2 is 2.00 bits per heavy atom. The van der Waals surface area contributed by atoms with Gasteiger partial charge in [0.05, 0.1) is 5.92 Å². The molecule has 3 nitrogen and oxygen atoms in total. The first-order chi connectivity index (χ1) is 7.74. The number of aliphatic hydroxyl groups is 1. The Bertz CT molecular complexity index is 325. The highest BCUT2D eigenvalue weighted by Crippen LogP contribution is 2.44. The molecule has 88 valence electrons. The molecular formula is C13H18O3. The molecule has 0 bridgehead atoms. The molecule has 1 aromatic carbocycles. The van der Waals surface area contributed by atoms with Crippen molar-refractivity contribution in [3.05, 3.63) is 30.3 Å². The summed E-state index contributed by atoms with van der Waals surface area (Å²) in [6.45, 7) is 4.48. The summed E-state index contributed by atoms with van der Waals surface area (Å²) in [5, 5.41) is 9.71. The molecule has 1 fully saturated rings. The summed E-state index contributed by atoms with van der Waals surface area (Å²) in [4.78, 5) is 0. The molecule has 2 rings (SSSR count). The fraction of sp³-hybridized carbons (Fsp3) is 0.538. The highest BCUT2D eigenvalue weighted by molar-refractivity contribution is 5.22. The molecule has 1 N–H and O–H groups in total. The van der Waals surface area contributed by atoms with Gasteiger partial charge in [-0.25, -0.2) is 0 Å². The number of ether oxygens (including phenoxy) is 2. The van der Waals surface area contributed by atoms with E-state index in [0.29, 0.717) is 12.5 Å². The monoisotopic (exact) mass is 222 g/mol. The van der Waals surface area contributed by atoms with E-state index >= 15 is 0 Å². The number of hydrogen-bond donors (Lipinski definition) is 1. The van der Waals surface area contributed by atoms with Gasteiger partial charge in [0.25, 0.3) is 0 Å². The maximum atomic E-state index is 9.71. The van der Waals surface area contributed by atoms with Crippen molar-refractivity contribution in [3.8, 4) is 5.75 Å². The maximum absolute atomic E-state index is 9.71. The SMILES string of the molecule is CCO[C@@H](O)[C@@H]1[C@@H](C)[C@@H]1Oc1ccccc1. The second-order valence-electron chi connectivity index (χ2n) is 4.18. The average molecular weight is 222 g/mol. The fourth-order valence-corrected chi connectivity index (χ4v) is 2.00. The smallest absolute Gasteiger partial charge is 0.161 e. The molecule has 1 aromatic rings. The summed E-state index contributed by atoms with van der Waals surface area (Å²) in [6.07, 6.45) is -0.627. The van der Waals surface area contributed by atoms with Gasteiger partial charge in [0, 0.05) is 12.5 Å². The number of rotatable bonds is 5. The molecule has 3 heteroatoms. The van der Waals surface area contributed by atoms with Gasteiger partial charge >= 0.3 is 0 Å². The summed E-state index contributed by atoms with van der Waals surface area (Å²) >= 11 is 0. The highest BCUT2D eigenvalue weighted by Gasteiger charge is 2.54. The van der Waals surface area contributed by atoms with Crippen LogP contribution in [0.2, 0.25) is 0 Å². The number of hydrogen-bond acceptors (Lipinski definition) is 3. The van der Waals surface area contributed by atoms with Crippen LogP contribution >= 0.6 is 0 Å². The van der Waals surface area contributed by atoms with Crippen LogP contribution in [0.15, 0.2) is 30.3 Å². The minimum absolute atomic E-state index is 0.0731. The molecule has 0 radical (unpaired) electrons. The number of benzene rings is 1. The van der Waals surface area contributed by atoms with Crippen molar-refractivity contribution < 1.29 is 14.6 Å². The van der Waals surface area contributed by atoms with Crippen LogP contribution in [0.25, 0.3) is 0 Å². The van der Waals surface area contributed by atoms with Crippen molar-refractivity contribution in [2.24, 2.45) is 11.8 Å². The lowest BCUT2D eigenvalue weighted by Gasteiger charge is -2.10. The Labute approximate surface area is 96.0 Å². The van der Waals surface area contributed by atoms with Crippen molar-refractivity contribution in [2.75, 3.05) is 6.61 Å². The number of aliphatic hydroxyl groups excluding tert-OH is 1. The lowest BCUT2D eigenvalue weighted by Crippen LogP contribution is -2.18. The molecule has 0 saturated heterocycles. The maximum Gasteiger partial charge on any atom is 0.161 e. The summed E-state index contributed by atoms with van der Waals surface area (Å²) in [5.41, 5.74) is 0. The van der Waals surface area contributed by atoms with Crippen LogP contribution in [0.4, 0.5) is 0 Å². The van der Waals surface area contributed by atoms with Crippen molar-refractivity contribution in [3.63, 3.8) is 0 Å². The molecule has 0 spiro atoms. The molecular weight excluding hydrogens is 204 g/mol. The van der Waals surface area contributed by atoms with Crippen LogP contribution in [0.1, 0.15) is 13.8 Å². The van der Waals surface area contributed by atoms with Gasteiger partial charge < -0.3 is 14.6 Å². The Morgan fingerprint density at radius 1 is 1.31 bits per heavy atom. The lowest BCUT2D eigenvalue weighted by atomic mass is 10.3. The minimum Gasteiger partial charge on any atom is -0.490 e. The summed E-state index contributed by atoms with van der Waals surface area (Å²) in [6, 6.07) is 9.69. The third-order valence-electron chi connectivity index (χ3n) is 3.05. The zero-order valence-electron chi connectivity index (χ0n) is 9.67. The van der Waals surface area contributed by atoms with Gasteiger partial charge in [0.1, 0.15) is 11.9 Å². The molecule has 0 aliphatic heterocycles. The van der Waals surface area contributed by atoms with Gasteiger partial charge in [-0.15, -0.1) is 0 Å². The molecule has 1 aliphatic rings. The van der Waals surface area contributed by atoms with Crippen LogP contribution in [0, 0.1) is 11.8 Å².